The Morgan fingerprint density at radius 2 is 0.419 bits per heavy atom. The van der Waals surface area contributed by atoms with Crippen molar-refractivity contribution in [1.82, 2.24) is 19.9 Å². The predicted octanol–water partition coefficient (Wildman–Crippen LogP) is 4.42. The Hall–Kier alpha value is -13.8. The van der Waals surface area contributed by atoms with E-state index in [0.29, 0.717) is 88.7 Å². The molecular formula is C88H88N4O32. The van der Waals surface area contributed by atoms with Gasteiger partial charge in [-0.15, -0.1) is 0 Å². The number of aromatic nitrogens is 4. The highest BCUT2D eigenvalue weighted by molar-refractivity contribution is 5.86. The molecule has 4 N–H and O–H groups in total. The van der Waals surface area contributed by atoms with Crippen molar-refractivity contribution in [3.05, 3.63) is 212 Å². The molecule has 5 aliphatic rings. The lowest BCUT2D eigenvalue weighted by Gasteiger charge is -2.40. The van der Waals surface area contributed by atoms with Gasteiger partial charge in [-0.1, -0.05) is 48.5 Å². The third-order valence-electron chi connectivity index (χ3n) is 19.6. The van der Waals surface area contributed by atoms with Gasteiger partial charge >= 0.3 is 71.6 Å². The standard InChI is InChI=1S/C88H88N4O32/c1-41(93)109-69-37-105-85(81(117-49(9)101)77(69)113-45(5)97)121-57-21-13-17-53(33-57)73-61-25-27-63(89-61)74(54-18-14-22-58(34-54)122-86-82(118-50(10)102)78(114-46(6)98)70(38-106-86)110-42(2)94)65-29-31-67(91-65)76(56-20-16-24-60(36-56)124-88-84(120-52(12)104)80(116-48(8)100)72(40-108-88)112-44(4)96)68-32-30-66(92-68)75(64-28-26-62(73)90-64)55-19-15-23-59(35-55)123-87-83(119-51(11)103)79(115-47(7)99)71(39-107-87)111-43(3)95/h13-36,69-72,77-92H,37-40H2,1-12H3/t69-,70-,71-,72-,77+,78+,79+,80+,81-,82-,83-,84-,85+,86+,87+,88+/m1/s1. The molecule has 124 heavy (non-hydrogen) atoms. The zero-order valence-corrected chi connectivity index (χ0v) is 69.0. The first kappa shape index (κ1) is 88.0. The number of carbonyl (C=O) groups excluding carboxylic acids is 12. The molecule has 36 nitrogen and oxygen atoms in total. The summed E-state index contributed by atoms with van der Waals surface area (Å²) < 4.78 is 119. The Balaban J connectivity index is 1.02. The van der Waals surface area contributed by atoms with Crippen molar-refractivity contribution in [3.8, 4) is 23.0 Å². The Bertz CT molecular complexity index is 5020. The molecule has 0 radical (unpaired) electrons. The number of carbonyl (C=O) groups is 12. The number of H-pyrrole nitrogens is 4. The molecule has 652 valence electrons. The molecule has 4 fully saturated rings. The van der Waals surface area contributed by atoms with Crippen LogP contribution in [0, 0.1) is 0 Å². The summed E-state index contributed by atoms with van der Waals surface area (Å²) >= 11 is 0. The lowest BCUT2D eigenvalue weighted by molar-refractivity contribution is -0.259. The third-order valence-corrected chi connectivity index (χ3v) is 19.6. The third kappa shape index (κ3) is 21.2. The van der Waals surface area contributed by atoms with E-state index in [1.165, 1.54) is 0 Å². The van der Waals surface area contributed by atoms with Crippen molar-refractivity contribution in [3.63, 3.8) is 0 Å². The van der Waals surface area contributed by atoms with E-state index in [4.69, 9.17) is 94.7 Å². The van der Waals surface area contributed by atoms with Crippen LogP contribution in [0.5, 0.6) is 23.0 Å². The van der Waals surface area contributed by atoms with E-state index in [1.807, 2.05) is 72.8 Å². The topological polar surface area (TPSA) is 453 Å². The minimum Gasteiger partial charge on any atom is -0.461 e. The van der Waals surface area contributed by atoms with Gasteiger partial charge in [-0.2, -0.15) is 0 Å². The molecule has 0 aliphatic carbocycles. The first-order valence-electron chi connectivity index (χ1n) is 39.1. The fraction of sp³-hybridized carbons (Fsp3) is 0.364. The van der Waals surface area contributed by atoms with Crippen LogP contribution in [0.2, 0.25) is 0 Å². The van der Waals surface area contributed by atoms with E-state index >= 15 is 0 Å². The van der Waals surface area contributed by atoms with E-state index in [-0.39, 0.29) is 49.4 Å². The van der Waals surface area contributed by atoms with E-state index in [2.05, 4.69) is 19.9 Å². The quantitative estimate of drug-likeness (QED) is 0.0480. The number of rotatable bonds is 24. The Labute approximate surface area is 706 Å². The lowest BCUT2D eigenvalue weighted by atomic mass is 10.0. The maximum absolute atomic E-state index is 12.9. The molecule has 4 saturated heterocycles. The van der Waals surface area contributed by atoms with Gasteiger partial charge in [0.2, 0.25) is 49.6 Å². The van der Waals surface area contributed by atoms with Gasteiger partial charge in [0.25, 0.3) is 0 Å². The Morgan fingerprint density at radius 3 is 0.605 bits per heavy atom. The van der Waals surface area contributed by atoms with Crippen molar-refractivity contribution in [2.24, 2.45) is 0 Å². The molecule has 16 atom stereocenters. The normalized spacial score (nSPS) is 24.0. The number of benzene rings is 4. The van der Waals surface area contributed by atoms with E-state index in [9.17, 15) is 57.5 Å². The van der Waals surface area contributed by atoms with Crippen molar-refractivity contribution in [2.75, 3.05) is 26.4 Å². The highest BCUT2D eigenvalue weighted by Crippen LogP contribution is 2.38. The maximum atomic E-state index is 12.9. The molecule has 8 aromatic rings. The van der Waals surface area contributed by atoms with Crippen LogP contribution < -0.4 is 40.3 Å². The highest BCUT2D eigenvalue weighted by Gasteiger charge is 2.53. The lowest BCUT2D eigenvalue weighted by Crippen LogP contribution is -2.59. The van der Waals surface area contributed by atoms with Gasteiger partial charge in [0.1, 0.15) is 23.0 Å². The minimum atomic E-state index is -1.48. The largest absolute Gasteiger partial charge is 0.461 e. The highest BCUT2D eigenvalue weighted by atomic mass is 16.8. The number of nitrogens with one attached hydrogen (secondary N) is 4. The summed E-state index contributed by atoms with van der Waals surface area (Å²) in [5, 5.41) is 1.87. The second kappa shape index (κ2) is 38.5. The van der Waals surface area contributed by atoms with Crippen molar-refractivity contribution >= 4 is 93.9 Å². The van der Waals surface area contributed by atoms with Gasteiger partial charge in [0.05, 0.1) is 26.4 Å². The van der Waals surface area contributed by atoms with Gasteiger partial charge in [-0.3, -0.25) is 57.5 Å². The monoisotopic (exact) mass is 1710 g/mol. The molecule has 0 saturated carbocycles. The summed E-state index contributed by atoms with van der Waals surface area (Å²) in [4.78, 5) is 167. The van der Waals surface area contributed by atoms with E-state index < -0.39 is 170 Å². The van der Waals surface area contributed by atoms with E-state index in [1.54, 1.807) is 72.8 Å². The number of aromatic amines is 4. The van der Waals surface area contributed by atoms with E-state index in [0.717, 1.165) is 83.1 Å². The van der Waals surface area contributed by atoms with Crippen molar-refractivity contribution in [2.45, 2.75) is 181 Å². The summed E-state index contributed by atoms with van der Waals surface area (Å²) in [5.41, 5.74) is 5.81. The van der Waals surface area contributed by atoms with Crippen LogP contribution in [0.4, 0.5) is 0 Å². The van der Waals surface area contributed by atoms with Crippen LogP contribution >= 0.6 is 0 Å². The zero-order chi connectivity index (χ0) is 88.5. The number of fused-ring (bicyclic) bond motifs is 8. The average molecular weight is 1710 g/mol. The molecule has 9 heterocycles. The molecule has 5 aliphatic heterocycles. The summed E-state index contributed by atoms with van der Waals surface area (Å²) in [7, 11) is 0. The van der Waals surface area contributed by atoms with Gasteiger partial charge in [0.15, 0.2) is 48.8 Å². The molecule has 13 rings (SSSR count). The molecule has 0 amide bonds. The number of hydrogen-bond donors (Lipinski definition) is 4. The second-order valence-electron chi connectivity index (χ2n) is 29.2. The number of hydrogen-bond acceptors (Lipinski definition) is 32. The van der Waals surface area contributed by atoms with Crippen LogP contribution in [-0.2, 0) is 133 Å². The SMILES string of the molecule is CC(=O)O[C@@H]1[C@@H](OC(C)=O)[C@H](Oc2cccc(C3=c4ccc([nH]4)=C(c4cccc(O[C@@H]5OC[C@@H](OC(C)=O)[C@H](OC(C)=O)[C@H]5OC(C)=O)c4)c4ccc([nH]4)C(c4cccc(O[C@@H]5OC[C@@H](OC(C)=O)[C@H](OC(C)=O)[C@H]5OC(C)=O)c4)=c4ccc([nH]4)=C(c4cccc(O[C@@H]5OC[C@@H](OC(C)=O)[C@H](OC(C)=O)[C@H]5OC(C)=O)c4)c4ccc3[nH]4)c2)OC[C@H]1OC(C)=O. The first-order chi connectivity index (χ1) is 59.3. The molecule has 0 spiro atoms. The van der Waals surface area contributed by atoms with Crippen LogP contribution in [0.3, 0.4) is 0 Å². The Kier molecular flexibility index (Phi) is 27.3. The van der Waals surface area contributed by atoms with Crippen molar-refractivity contribution < 1.29 is 152 Å². The molecule has 4 aromatic heterocycles. The fourth-order valence-electron chi connectivity index (χ4n) is 15.2. The van der Waals surface area contributed by atoms with Gasteiger partial charge in [-0.05, 0) is 119 Å². The summed E-state index contributed by atoms with van der Waals surface area (Å²) in [6.07, 6.45) is -22.2. The minimum absolute atomic E-state index is 0.147. The molecule has 0 unspecified atom stereocenters. The van der Waals surface area contributed by atoms with Crippen LogP contribution in [0.1, 0.15) is 128 Å². The smallest absolute Gasteiger partial charge is 0.303 e. The van der Waals surface area contributed by atoms with Crippen LogP contribution in [-0.4, -0.2) is 216 Å². The van der Waals surface area contributed by atoms with Gasteiger partial charge in [0, 0.05) is 150 Å². The summed E-state index contributed by atoms with van der Waals surface area (Å²) in [6.45, 7) is 12.3. The molecule has 4 aromatic carbocycles. The summed E-state index contributed by atoms with van der Waals surface area (Å²) in [5.74, 6) is -8.66. The average Bonchev–Trinajstić information content (AvgIpc) is 1.60. The summed E-state index contributed by atoms with van der Waals surface area (Å²) in [6, 6.07) is 42.0. The van der Waals surface area contributed by atoms with Gasteiger partial charge in [-0.25, -0.2) is 0 Å². The molecular weight excluding hydrogens is 1620 g/mol. The van der Waals surface area contributed by atoms with Crippen LogP contribution in [0.25, 0.3) is 22.3 Å². The second-order valence-corrected chi connectivity index (χ2v) is 29.2. The van der Waals surface area contributed by atoms with Gasteiger partial charge < -0.3 is 115 Å². The zero-order valence-electron chi connectivity index (χ0n) is 69.0. The molecule has 36 heteroatoms. The predicted molar refractivity (Wildman–Crippen MR) is 422 cm³/mol. The molecule has 8 bridgehead atoms. The number of ether oxygens (including phenoxy) is 20. The van der Waals surface area contributed by atoms with Crippen LogP contribution in [0.15, 0.2) is 146 Å². The van der Waals surface area contributed by atoms with Crippen molar-refractivity contribution in [1.29, 1.82) is 0 Å². The maximum Gasteiger partial charge on any atom is 0.303 e. The Morgan fingerprint density at radius 1 is 0.234 bits per heavy atom. The first-order valence-corrected chi connectivity index (χ1v) is 39.1. The fourth-order valence-corrected chi connectivity index (χ4v) is 15.2. The number of esters is 12.